The number of rotatable bonds is 3. The van der Waals surface area contributed by atoms with Crippen molar-refractivity contribution < 1.29 is 4.42 Å². The molecule has 0 aliphatic rings. The van der Waals surface area contributed by atoms with E-state index < -0.39 is 0 Å². The Balaban J connectivity index is 2.02. The zero-order valence-electron chi connectivity index (χ0n) is 8.77. The smallest absolute Gasteiger partial charge is 0.147 e. The molecule has 1 aromatic carbocycles. The lowest BCUT2D eigenvalue weighted by Gasteiger charge is -2.00. The Hall–Kier alpha value is -1.74. The minimum absolute atomic E-state index is 0.635. The van der Waals surface area contributed by atoms with Crippen LogP contribution in [0.3, 0.4) is 0 Å². The fourth-order valence-corrected chi connectivity index (χ4v) is 1.42. The maximum atomic E-state index is 5.95. The van der Waals surface area contributed by atoms with Crippen molar-refractivity contribution in [3.05, 3.63) is 52.9 Å². The lowest BCUT2D eigenvalue weighted by atomic mass is 10.3. The molecule has 0 saturated carbocycles. The second-order valence-corrected chi connectivity index (χ2v) is 3.71. The van der Waals surface area contributed by atoms with Gasteiger partial charge in [-0.25, -0.2) is 0 Å². The maximum Gasteiger partial charge on any atom is 0.147 e. The number of hydrogen-bond donors (Lipinski definition) is 1. The summed E-state index contributed by atoms with van der Waals surface area (Å²) in [5, 5.41) is 4.67. The average molecular weight is 235 g/mol. The molecule has 1 aromatic heterocycles. The zero-order chi connectivity index (χ0) is 11.4. The van der Waals surface area contributed by atoms with Gasteiger partial charge in [0.15, 0.2) is 0 Å². The van der Waals surface area contributed by atoms with Crippen LogP contribution >= 0.6 is 11.6 Å². The Morgan fingerprint density at radius 3 is 2.75 bits per heavy atom. The second-order valence-electron chi connectivity index (χ2n) is 3.30. The third-order valence-electron chi connectivity index (χ3n) is 2.01. The van der Waals surface area contributed by atoms with E-state index in [1.807, 2.05) is 37.3 Å². The van der Waals surface area contributed by atoms with Gasteiger partial charge in [0, 0.05) is 0 Å². The van der Waals surface area contributed by atoms with Gasteiger partial charge >= 0.3 is 0 Å². The molecule has 0 spiro atoms. The van der Waals surface area contributed by atoms with E-state index in [2.05, 4.69) is 10.5 Å². The second kappa shape index (κ2) is 4.86. The molecule has 0 atom stereocenters. The van der Waals surface area contributed by atoms with Gasteiger partial charge in [0.25, 0.3) is 0 Å². The molecule has 1 N–H and O–H groups in total. The van der Waals surface area contributed by atoms with Crippen molar-refractivity contribution >= 4 is 23.5 Å². The first-order valence-electron chi connectivity index (χ1n) is 4.86. The first kappa shape index (κ1) is 10.8. The number of nitrogens with one attached hydrogen (secondary N) is 1. The average Bonchev–Trinajstić information content (AvgIpc) is 2.67. The first-order chi connectivity index (χ1) is 7.75. The predicted molar refractivity (Wildman–Crippen MR) is 66.1 cm³/mol. The summed E-state index contributed by atoms with van der Waals surface area (Å²) in [5.74, 6) is 1.57. The summed E-state index contributed by atoms with van der Waals surface area (Å²) in [6, 6.07) is 11.2. The lowest BCUT2D eigenvalue weighted by molar-refractivity contribution is 0.528. The molecule has 2 rings (SSSR count). The van der Waals surface area contributed by atoms with Gasteiger partial charge in [0.2, 0.25) is 0 Å². The van der Waals surface area contributed by atoms with Crippen LogP contribution in [0, 0.1) is 6.92 Å². The summed E-state index contributed by atoms with van der Waals surface area (Å²) in [4.78, 5) is 0. The Bertz CT molecular complexity index is 505. The minimum atomic E-state index is 0.635. The Labute approximate surface area is 98.7 Å². The molecular weight excluding hydrogens is 224 g/mol. The van der Waals surface area contributed by atoms with Crippen molar-refractivity contribution in [1.29, 1.82) is 0 Å². The molecule has 0 bridgehead atoms. The Morgan fingerprint density at radius 2 is 2.06 bits per heavy atom. The van der Waals surface area contributed by atoms with E-state index >= 15 is 0 Å². The largest absolute Gasteiger partial charge is 0.460 e. The van der Waals surface area contributed by atoms with E-state index in [9.17, 15) is 0 Å². The number of benzene rings is 1. The maximum absolute atomic E-state index is 5.95. The molecule has 0 aliphatic heterocycles. The molecule has 82 valence electrons. The fourth-order valence-electron chi connectivity index (χ4n) is 1.24. The molecule has 0 unspecified atom stereocenters. The highest BCUT2D eigenvalue weighted by Gasteiger charge is 1.96. The minimum Gasteiger partial charge on any atom is -0.460 e. The number of nitrogens with zero attached hydrogens (tertiary/aromatic N) is 1. The molecule has 4 heteroatoms. The van der Waals surface area contributed by atoms with Crippen LogP contribution in [0.5, 0.6) is 0 Å². The van der Waals surface area contributed by atoms with Crippen LogP contribution in [0.25, 0.3) is 0 Å². The van der Waals surface area contributed by atoms with Gasteiger partial charge in [-0.2, -0.15) is 5.10 Å². The van der Waals surface area contributed by atoms with Gasteiger partial charge in [0.05, 0.1) is 16.9 Å². The van der Waals surface area contributed by atoms with Crippen LogP contribution in [0.2, 0.25) is 5.02 Å². The number of para-hydroxylation sites is 1. The molecule has 2 aromatic rings. The summed E-state index contributed by atoms with van der Waals surface area (Å²) in [6.07, 6.45) is 1.61. The van der Waals surface area contributed by atoms with Crippen molar-refractivity contribution in [2.24, 2.45) is 5.10 Å². The lowest BCUT2D eigenvalue weighted by Crippen LogP contribution is -1.90. The fraction of sp³-hybridized carbons (Fsp3) is 0.0833. The van der Waals surface area contributed by atoms with Crippen molar-refractivity contribution in [3.63, 3.8) is 0 Å². The summed E-state index contributed by atoms with van der Waals surface area (Å²) in [7, 11) is 0. The molecule has 0 aliphatic carbocycles. The van der Waals surface area contributed by atoms with Gasteiger partial charge in [-0.15, -0.1) is 0 Å². The summed E-state index contributed by atoms with van der Waals surface area (Å²) < 4.78 is 5.33. The van der Waals surface area contributed by atoms with Crippen LogP contribution in [0.15, 0.2) is 45.9 Å². The Morgan fingerprint density at radius 1 is 1.25 bits per heavy atom. The van der Waals surface area contributed by atoms with E-state index in [4.69, 9.17) is 16.0 Å². The normalized spacial score (nSPS) is 10.9. The van der Waals surface area contributed by atoms with Crippen molar-refractivity contribution in [3.8, 4) is 0 Å². The highest BCUT2D eigenvalue weighted by atomic mass is 35.5. The van der Waals surface area contributed by atoms with Crippen LogP contribution in [0.4, 0.5) is 5.69 Å². The monoisotopic (exact) mass is 234 g/mol. The molecular formula is C12H11ClN2O. The van der Waals surface area contributed by atoms with Gasteiger partial charge < -0.3 is 4.42 Å². The molecule has 0 fully saturated rings. The molecule has 0 amide bonds. The zero-order valence-corrected chi connectivity index (χ0v) is 9.53. The van der Waals surface area contributed by atoms with Gasteiger partial charge in [-0.05, 0) is 31.2 Å². The van der Waals surface area contributed by atoms with Crippen LogP contribution in [-0.4, -0.2) is 6.21 Å². The summed E-state index contributed by atoms with van der Waals surface area (Å²) >= 11 is 5.95. The SMILES string of the molecule is Cc1ccc(/C=N/Nc2ccccc2Cl)o1. The van der Waals surface area contributed by atoms with Crippen molar-refractivity contribution in [2.75, 3.05) is 5.43 Å². The molecule has 0 saturated heterocycles. The van der Waals surface area contributed by atoms with Crippen molar-refractivity contribution in [1.82, 2.24) is 0 Å². The van der Waals surface area contributed by atoms with E-state index in [1.54, 1.807) is 12.3 Å². The van der Waals surface area contributed by atoms with E-state index in [0.29, 0.717) is 10.8 Å². The number of halogens is 1. The third-order valence-corrected chi connectivity index (χ3v) is 2.34. The van der Waals surface area contributed by atoms with E-state index in [0.717, 1.165) is 11.4 Å². The number of furan rings is 1. The summed E-state index contributed by atoms with van der Waals surface area (Å²) in [6.45, 7) is 1.89. The predicted octanol–water partition coefficient (Wildman–Crippen LogP) is 3.69. The highest BCUT2D eigenvalue weighted by molar-refractivity contribution is 6.33. The van der Waals surface area contributed by atoms with E-state index in [1.165, 1.54) is 0 Å². The molecule has 1 heterocycles. The van der Waals surface area contributed by atoms with Crippen LogP contribution < -0.4 is 5.43 Å². The number of aryl methyl sites for hydroxylation is 1. The highest BCUT2D eigenvalue weighted by Crippen LogP contribution is 2.20. The summed E-state index contributed by atoms with van der Waals surface area (Å²) in [5.41, 5.74) is 3.62. The number of hydrazone groups is 1. The van der Waals surface area contributed by atoms with Crippen molar-refractivity contribution in [2.45, 2.75) is 6.92 Å². The number of hydrogen-bond acceptors (Lipinski definition) is 3. The van der Waals surface area contributed by atoms with Gasteiger partial charge in [-0.1, -0.05) is 23.7 Å². The number of anilines is 1. The van der Waals surface area contributed by atoms with Gasteiger partial charge in [-0.3, -0.25) is 5.43 Å². The quantitative estimate of drug-likeness (QED) is 0.650. The topological polar surface area (TPSA) is 37.5 Å². The third kappa shape index (κ3) is 2.64. The Kier molecular flexibility index (Phi) is 3.27. The van der Waals surface area contributed by atoms with Crippen LogP contribution in [0.1, 0.15) is 11.5 Å². The molecule has 3 nitrogen and oxygen atoms in total. The van der Waals surface area contributed by atoms with Gasteiger partial charge in [0.1, 0.15) is 11.5 Å². The molecule has 16 heavy (non-hydrogen) atoms. The standard InChI is InChI=1S/C12H11ClN2O/c1-9-6-7-10(16-9)8-14-15-12-5-3-2-4-11(12)13/h2-8,15H,1H3/b14-8+. The molecule has 0 radical (unpaired) electrons. The van der Waals surface area contributed by atoms with Crippen LogP contribution in [-0.2, 0) is 0 Å². The first-order valence-corrected chi connectivity index (χ1v) is 5.23. The van der Waals surface area contributed by atoms with E-state index in [-0.39, 0.29) is 0 Å².